The summed E-state index contributed by atoms with van der Waals surface area (Å²) in [6, 6.07) is 6.60. The third kappa shape index (κ3) is 3.28. The van der Waals surface area contributed by atoms with E-state index in [9.17, 15) is 14.9 Å². The molecule has 0 atom stereocenters. The smallest absolute Gasteiger partial charge is 0.292 e. The average molecular weight is 318 g/mol. The fraction of sp³-hybridized carbons (Fsp3) is 0.286. The largest absolute Gasteiger partial charge is 0.323 e. The molecular weight excluding hydrogens is 304 g/mol. The lowest BCUT2D eigenvalue weighted by molar-refractivity contribution is -0.383. The molecule has 1 N–H and O–H groups in total. The molecule has 0 bridgehead atoms. The van der Waals surface area contributed by atoms with Crippen molar-refractivity contribution in [2.24, 2.45) is 0 Å². The van der Waals surface area contributed by atoms with Gasteiger partial charge in [-0.1, -0.05) is 23.9 Å². The Morgan fingerprint density at radius 1 is 1.45 bits per heavy atom. The average Bonchev–Trinajstić information content (AvgIpc) is 3.24. The van der Waals surface area contributed by atoms with Crippen LogP contribution < -0.4 is 5.32 Å². The molecule has 0 spiro atoms. The monoisotopic (exact) mass is 318 g/mol. The van der Waals surface area contributed by atoms with Crippen molar-refractivity contribution in [1.29, 1.82) is 0 Å². The molecule has 1 aromatic carbocycles. The normalized spacial score (nSPS) is 13.8. The molecule has 0 radical (unpaired) electrons. The number of aromatic nitrogens is 2. The van der Waals surface area contributed by atoms with Gasteiger partial charge in [0.05, 0.1) is 10.7 Å². The Labute approximate surface area is 130 Å². The number of hydrogen-bond acceptors (Lipinski definition) is 5. The number of nitro groups is 1. The van der Waals surface area contributed by atoms with Gasteiger partial charge in [-0.3, -0.25) is 14.9 Å². The first-order chi connectivity index (χ1) is 10.6. The summed E-state index contributed by atoms with van der Waals surface area (Å²) >= 11 is 1.33. The summed E-state index contributed by atoms with van der Waals surface area (Å²) in [4.78, 5) is 26.6. The lowest BCUT2D eigenvalue weighted by Gasteiger charge is -2.07. The van der Waals surface area contributed by atoms with E-state index >= 15 is 0 Å². The number of imidazole rings is 1. The zero-order chi connectivity index (χ0) is 15.5. The second kappa shape index (κ2) is 6.18. The zero-order valence-electron chi connectivity index (χ0n) is 11.6. The highest BCUT2D eigenvalue weighted by Crippen LogP contribution is 2.37. The standard InChI is InChI=1S/C14H14N4O3S/c19-13(16-11-3-1-2-4-12(11)18(20)21)9-22-14-15-7-8-17(14)10-5-6-10/h1-4,7-8,10H,5-6,9H2,(H,16,19). The Bertz CT molecular complexity index is 712. The van der Waals surface area contributed by atoms with E-state index in [0.717, 1.165) is 18.0 Å². The van der Waals surface area contributed by atoms with E-state index in [-0.39, 0.29) is 23.0 Å². The van der Waals surface area contributed by atoms with E-state index in [1.807, 2.05) is 6.20 Å². The van der Waals surface area contributed by atoms with Crippen molar-refractivity contribution in [3.05, 3.63) is 46.8 Å². The number of anilines is 1. The van der Waals surface area contributed by atoms with Gasteiger partial charge in [0, 0.05) is 24.5 Å². The SMILES string of the molecule is O=C(CSc1nccn1C1CC1)Nc1ccccc1[N+](=O)[O-]. The molecule has 114 valence electrons. The van der Waals surface area contributed by atoms with E-state index < -0.39 is 4.92 Å². The van der Waals surface area contributed by atoms with Crippen molar-refractivity contribution < 1.29 is 9.72 Å². The van der Waals surface area contributed by atoms with Crippen molar-refractivity contribution in [2.45, 2.75) is 24.0 Å². The topological polar surface area (TPSA) is 90.1 Å². The molecule has 2 aromatic rings. The van der Waals surface area contributed by atoms with Crippen LogP contribution in [0.15, 0.2) is 41.8 Å². The Balaban J connectivity index is 1.61. The summed E-state index contributed by atoms with van der Waals surface area (Å²) in [6.07, 6.45) is 5.93. The molecule has 0 aliphatic heterocycles. The number of nitro benzene ring substituents is 1. The van der Waals surface area contributed by atoms with Crippen LogP contribution in [0.4, 0.5) is 11.4 Å². The van der Waals surface area contributed by atoms with Gasteiger partial charge >= 0.3 is 0 Å². The van der Waals surface area contributed by atoms with Crippen LogP contribution in [0.3, 0.4) is 0 Å². The summed E-state index contributed by atoms with van der Waals surface area (Å²) < 4.78 is 2.07. The maximum atomic E-state index is 12.0. The molecule has 0 saturated heterocycles. The molecule has 0 unspecified atom stereocenters. The molecule has 1 aliphatic carbocycles. The number of rotatable bonds is 6. The van der Waals surface area contributed by atoms with Crippen LogP contribution in [0, 0.1) is 10.1 Å². The van der Waals surface area contributed by atoms with Crippen LogP contribution in [0.5, 0.6) is 0 Å². The lowest BCUT2D eigenvalue weighted by Crippen LogP contribution is -2.15. The van der Waals surface area contributed by atoms with Gasteiger partial charge in [0.15, 0.2) is 5.16 Å². The fourth-order valence-corrected chi connectivity index (χ4v) is 2.92. The summed E-state index contributed by atoms with van der Waals surface area (Å²) in [5.74, 6) is -0.125. The minimum absolute atomic E-state index is 0.111. The lowest BCUT2D eigenvalue weighted by atomic mass is 10.2. The number of thioether (sulfide) groups is 1. The first kappa shape index (κ1) is 14.6. The van der Waals surface area contributed by atoms with E-state index in [2.05, 4.69) is 14.9 Å². The second-order valence-corrected chi connectivity index (χ2v) is 5.90. The summed E-state index contributed by atoms with van der Waals surface area (Å²) in [7, 11) is 0. The Morgan fingerprint density at radius 2 is 2.23 bits per heavy atom. The van der Waals surface area contributed by atoms with Crippen LogP contribution >= 0.6 is 11.8 Å². The highest BCUT2D eigenvalue weighted by Gasteiger charge is 2.25. The van der Waals surface area contributed by atoms with Crippen molar-refractivity contribution in [3.8, 4) is 0 Å². The third-order valence-electron chi connectivity index (χ3n) is 3.28. The molecule has 1 heterocycles. The number of carbonyl (C=O) groups excluding carboxylic acids is 1. The summed E-state index contributed by atoms with van der Waals surface area (Å²) in [5, 5.41) is 14.3. The van der Waals surface area contributed by atoms with Crippen LogP contribution in [-0.4, -0.2) is 26.1 Å². The van der Waals surface area contributed by atoms with Crippen molar-refractivity contribution >= 4 is 29.0 Å². The number of nitrogens with zero attached hydrogens (tertiary/aromatic N) is 3. The number of benzene rings is 1. The predicted molar refractivity (Wildman–Crippen MR) is 82.9 cm³/mol. The van der Waals surface area contributed by atoms with Crippen molar-refractivity contribution in [2.75, 3.05) is 11.1 Å². The summed E-state index contributed by atoms with van der Waals surface area (Å²) in [5.41, 5.74) is 0.101. The number of para-hydroxylation sites is 2. The van der Waals surface area contributed by atoms with E-state index in [1.165, 1.54) is 23.9 Å². The molecule has 8 heteroatoms. The number of amides is 1. The van der Waals surface area contributed by atoms with Crippen LogP contribution in [0.1, 0.15) is 18.9 Å². The van der Waals surface area contributed by atoms with Gasteiger partial charge in [-0.25, -0.2) is 4.98 Å². The molecule has 1 amide bonds. The molecule has 1 aliphatic rings. The molecule has 1 saturated carbocycles. The van der Waals surface area contributed by atoms with Gasteiger partial charge in [-0.15, -0.1) is 0 Å². The zero-order valence-corrected chi connectivity index (χ0v) is 12.5. The fourth-order valence-electron chi connectivity index (χ4n) is 2.10. The van der Waals surface area contributed by atoms with Crippen LogP contribution in [0.25, 0.3) is 0 Å². The number of hydrogen-bond donors (Lipinski definition) is 1. The molecule has 7 nitrogen and oxygen atoms in total. The molecule has 22 heavy (non-hydrogen) atoms. The maximum Gasteiger partial charge on any atom is 0.292 e. The summed E-state index contributed by atoms with van der Waals surface area (Å²) in [6.45, 7) is 0. The Kier molecular flexibility index (Phi) is 4.10. The molecule has 1 fully saturated rings. The molecule has 1 aromatic heterocycles. The second-order valence-electron chi connectivity index (χ2n) is 4.96. The molecule has 3 rings (SSSR count). The van der Waals surface area contributed by atoms with Gasteiger partial charge in [-0.05, 0) is 18.9 Å². The van der Waals surface area contributed by atoms with Crippen LogP contribution in [-0.2, 0) is 4.79 Å². The number of carbonyl (C=O) groups is 1. The van der Waals surface area contributed by atoms with Gasteiger partial charge in [0.1, 0.15) is 5.69 Å². The van der Waals surface area contributed by atoms with Gasteiger partial charge in [-0.2, -0.15) is 0 Å². The minimum atomic E-state index is -0.511. The van der Waals surface area contributed by atoms with Gasteiger partial charge in [0.25, 0.3) is 5.69 Å². The maximum absolute atomic E-state index is 12.0. The minimum Gasteiger partial charge on any atom is -0.323 e. The van der Waals surface area contributed by atoms with E-state index in [4.69, 9.17) is 0 Å². The van der Waals surface area contributed by atoms with E-state index in [0.29, 0.717) is 6.04 Å². The highest BCUT2D eigenvalue weighted by atomic mass is 32.2. The first-order valence-corrected chi connectivity index (χ1v) is 7.82. The van der Waals surface area contributed by atoms with E-state index in [1.54, 1.807) is 18.3 Å². The predicted octanol–water partition coefficient (Wildman–Crippen LogP) is 2.86. The first-order valence-electron chi connectivity index (χ1n) is 6.84. The van der Waals surface area contributed by atoms with Gasteiger partial charge in [0.2, 0.25) is 5.91 Å². The van der Waals surface area contributed by atoms with Gasteiger partial charge < -0.3 is 9.88 Å². The third-order valence-corrected chi connectivity index (χ3v) is 4.26. The Hall–Kier alpha value is -2.35. The highest BCUT2D eigenvalue weighted by molar-refractivity contribution is 7.99. The molecular formula is C14H14N4O3S. The van der Waals surface area contributed by atoms with Crippen molar-refractivity contribution in [1.82, 2.24) is 9.55 Å². The van der Waals surface area contributed by atoms with Crippen molar-refractivity contribution in [3.63, 3.8) is 0 Å². The number of nitrogens with one attached hydrogen (secondary N) is 1. The quantitative estimate of drug-likeness (QED) is 0.502. The van der Waals surface area contributed by atoms with Crippen LogP contribution in [0.2, 0.25) is 0 Å². The Morgan fingerprint density at radius 3 is 2.95 bits per heavy atom.